The summed E-state index contributed by atoms with van der Waals surface area (Å²) >= 11 is 5.86. The van der Waals surface area contributed by atoms with E-state index < -0.39 is 4.92 Å². The van der Waals surface area contributed by atoms with Crippen LogP contribution < -0.4 is 5.73 Å². The third kappa shape index (κ3) is 3.18. The Kier molecular flexibility index (Phi) is 4.71. The number of nitro benzene ring substituents is 1. The predicted octanol–water partition coefficient (Wildman–Crippen LogP) is 2.84. The zero-order valence-corrected chi connectivity index (χ0v) is 9.96. The zero-order chi connectivity index (χ0) is 12.1. The van der Waals surface area contributed by atoms with E-state index in [1.807, 2.05) is 6.07 Å². The second-order valence-electron chi connectivity index (χ2n) is 3.75. The Morgan fingerprint density at radius 3 is 2.69 bits per heavy atom. The Bertz CT molecular complexity index is 394. The van der Waals surface area contributed by atoms with Crippen LogP contribution in [0.25, 0.3) is 0 Å². The van der Waals surface area contributed by atoms with Gasteiger partial charge in [-0.3, -0.25) is 10.1 Å². The van der Waals surface area contributed by atoms with Gasteiger partial charge in [0.25, 0.3) is 5.69 Å². The summed E-state index contributed by atoms with van der Waals surface area (Å²) in [7, 11) is 0. The third-order valence-corrected chi connectivity index (χ3v) is 2.90. The van der Waals surface area contributed by atoms with Crippen molar-refractivity contribution in [3.8, 4) is 0 Å². The van der Waals surface area contributed by atoms with Crippen molar-refractivity contribution in [2.45, 2.75) is 26.2 Å². The highest BCUT2D eigenvalue weighted by Crippen LogP contribution is 2.29. The Labute approximate surface area is 99.6 Å². The number of nitrogens with two attached hydrogens (primary N) is 1. The summed E-state index contributed by atoms with van der Waals surface area (Å²) in [5.41, 5.74) is 7.08. The van der Waals surface area contributed by atoms with Crippen molar-refractivity contribution < 1.29 is 4.92 Å². The van der Waals surface area contributed by atoms with Gasteiger partial charge in [-0.25, -0.2) is 0 Å². The number of benzene rings is 1. The molecule has 88 valence electrons. The molecular formula is C11H15ClN2O2. The first-order valence-corrected chi connectivity index (χ1v) is 5.57. The van der Waals surface area contributed by atoms with E-state index in [2.05, 4.69) is 0 Å². The molecule has 1 aromatic carbocycles. The molecule has 1 rings (SSSR count). The van der Waals surface area contributed by atoms with Crippen molar-refractivity contribution in [3.63, 3.8) is 0 Å². The molecule has 0 amide bonds. The van der Waals surface area contributed by atoms with Gasteiger partial charge in [0.2, 0.25) is 0 Å². The van der Waals surface area contributed by atoms with Gasteiger partial charge in [-0.2, -0.15) is 0 Å². The minimum atomic E-state index is -0.443. The van der Waals surface area contributed by atoms with Gasteiger partial charge in [0.1, 0.15) is 5.02 Å². The number of hydrogen-bond acceptors (Lipinski definition) is 3. The Balaban J connectivity index is 2.91. The van der Waals surface area contributed by atoms with Crippen molar-refractivity contribution in [2.24, 2.45) is 5.73 Å². The molecule has 0 atom stereocenters. The number of rotatable bonds is 5. The molecule has 1 aromatic rings. The van der Waals surface area contributed by atoms with Gasteiger partial charge in [-0.15, -0.1) is 0 Å². The smallest absolute Gasteiger partial charge is 0.288 e. The maximum Gasteiger partial charge on any atom is 0.288 e. The highest BCUT2D eigenvalue weighted by molar-refractivity contribution is 6.33. The number of unbranched alkanes of at least 4 members (excludes halogenated alkanes) is 1. The predicted molar refractivity (Wildman–Crippen MR) is 64.8 cm³/mol. The van der Waals surface area contributed by atoms with Gasteiger partial charge >= 0.3 is 0 Å². The van der Waals surface area contributed by atoms with Gasteiger partial charge in [-0.05, 0) is 43.9 Å². The van der Waals surface area contributed by atoms with Crippen molar-refractivity contribution in [1.82, 2.24) is 0 Å². The number of nitrogens with zero attached hydrogens (tertiary/aromatic N) is 1. The van der Waals surface area contributed by atoms with Crippen LogP contribution in [0.3, 0.4) is 0 Å². The van der Waals surface area contributed by atoms with Crippen LogP contribution in [0.4, 0.5) is 5.69 Å². The van der Waals surface area contributed by atoms with E-state index in [-0.39, 0.29) is 10.7 Å². The van der Waals surface area contributed by atoms with Gasteiger partial charge in [0, 0.05) is 6.07 Å². The van der Waals surface area contributed by atoms with Crippen LogP contribution in [-0.2, 0) is 6.42 Å². The van der Waals surface area contributed by atoms with E-state index in [1.54, 1.807) is 13.0 Å². The molecule has 0 aliphatic carbocycles. The lowest BCUT2D eigenvalue weighted by Gasteiger charge is -2.05. The molecule has 5 heteroatoms. The van der Waals surface area contributed by atoms with E-state index in [1.165, 1.54) is 0 Å². The first-order valence-electron chi connectivity index (χ1n) is 5.19. The molecule has 0 aromatic heterocycles. The maximum atomic E-state index is 10.8. The van der Waals surface area contributed by atoms with Gasteiger partial charge < -0.3 is 5.73 Å². The fraction of sp³-hybridized carbons (Fsp3) is 0.455. The van der Waals surface area contributed by atoms with E-state index >= 15 is 0 Å². The molecule has 0 radical (unpaired) electrons. The van der Waals surface area contributed by atoms with Gasteiger partial charge in [0.15, 0.2) is 0 Å². The Morgan fingerprint density at radius 2 is 2.12 bits per heavy atom. The second-order valence-corrected chi connectivity index (χ2v) is 4.13. The Hall–Kier alpha value is -1.13. The lowest BCUT2D eigenvalue weighted by atomic mass is 10.0. The molecule has 0 bridgehead atoms. The lowest BCUT2D eigenvalue weighted by Crippen LogP contribution is -2.00. The molecule has 0 aliphatic rings. The minimum absolute atomic E-state index is 0.00980. The van der Waals surface area contributed by atoms with Crippen LogP contribution in [0, 0.1) is 17.0 Å². The molecule has 0 spiro atoms. The number of nitro groups is 1. The molecule has 0 aliphatic heterocycles. The molecule has 0 saturated carbocycles. The van der Waals surface area contributed by atoms with Crippen LogP contribution in [0.5, 0.6) is 0 Å². The fourth-order valence-corrected chi connectivity index (χ4v) is 1.75. The first-order chi connectivity index (χ1) is 7.56. The highest BCUT2D eigenvalue weighted by atomic mass is 35.5. The number of aryl methyl sites for hydroxylation is 2. The largest absolute Gasteiger partial charge is 0.330 e. The molecule has 2 N–H and O–H groups in total. The summed E-state index contributed by atoms with van der Waals surface area (Å²) < 4.78 is 0. The molecular weight excluding hydrogens is 228 g/mol. The van der Waals surface area contributed by atoms with Crippen LogP contribution in [-0.4, -0.2) is 11.5 Å². The normalized spacial score (nSPS) is 10.4. The molecule has 4 nitrogen and oxygen atoms in total. The van der Waals surface area contributed by atoms with E-state index in [4.69, 9.17) is 17.3 Å². The standard InChI is InChI=1S/C11H15ClN2O2/c1-8-6-9(4-2-3-5-13)7-10(11(8)12)14(15)16/h6-7H,2-5,13H2,1H3. The summed E-state index contributed by atoms with van der Waals surface area (Å²) in [6.45, 7) is 2.43. The molecule has 16 heavy (non-hydrogen) atoms. The average molecular weight is 243 g/mol. The minimum Gasteiger partial charge on any atom is -0.330 e. The van der Waals surface area contributed by atoms with Crippen molar-refractivity contribution >= 4 is 17.3 Å². The monoisotopic (exact) mass is 242 g/mol. The summed E-state index contributed by atoms with van der Waals surface area (Å²) in [4.78, 5) is 10.3. The van der Waals surface area contributed by atoms with Crippen molar-refractivity contribution in [1.29, 1.82) is 0 Å². The van der Waals surface area contributed by atoms with Crippen LogP contribution in [0.15, 0.2) is 12.1 Å². The van der Waals surface area contributed by atoms with Crippen molar-refractivity contribution in [3.05, 3.63) is 38.4 Å². The first kappa shape index (κ1) is 12.9. The highest BCUT2D eigenvalue weighted by Gasteiger charge is 2.15. The SMILES string of the molecule is Cc1cc(CCCCN)cc([N+](=O)[O-])c1Cl. The third-order valence-electron chi connectivity index (χ3n) is 2.41. The molecule has 0 heterocycles. The van der Waals surface area contributed by atoms with Gasteiger partial charge in [0.05, 0.1) is 4.92 Å². The number of halogens is 1. The second kappa shape index (κ2) is 5.82. The number of hydrogen-bond donors (Lipinski definition) is 1. The topological polar surface area (TPSA) is 69.2 Å². The molecule has 0 unspecified atom stereocenters. The van der Waals surface area contributed by atoms with Crippen LogP contribution >= 0.6 is 11.6 Å². The summed E-state index contributed by atoms with van der Waals surface area (Å²) in [5.74, 6) is 0. The van der Waals surface area contributed by atoms with Crippen LogP contribution in [0.2, 0.25) is 5.02 Å². The van der Waals surface area contributed by atoms with Crippen LogP contribution in [0.1, 0.15) is 24.0 Å². The van der Waals surface area contributed by atoms with E-state index in [0.717, 1.165) is 30.4 Å². The Morgan fingerprint density at radius 1 is 1.44 bits per heavy atom. The zero-order valence-electron chi connectivity index (χ0n) is 9.20. The summed E-state index contributed by atoms with van der Waals surface area (Å²) in [6, 6.07) is 3.44. The molecule has 0 fully saturated rings. The fourth-order valence-electron chi connectivity index (χ4n) is 1.57. The molecule has 0 saturated heterocycles. The summed E-state index contributed by atoms with van der Waals surface area (Å²) in [6.07, 6.45) is 2.67. The average Bonchev–Trinajstić information content (AvgIpc) is 2.23. The quantitative estimate of drug-likeness (QED) is 0.490. The van der Waals surface area contributed by atoms with E-state index in [0.29, 0.717) is 6.54 Å². The van der Waals surface area contributed by atoms with Crippen molar-refractivity contribution in [2.75, 3.05) is 6.54 Å². The van der Waals surface area contributed by atoms with Gasteiger partial charge in [-0.1, -0.05) is 17.7 Å². The van der Waals surface area contributed by atoms with E-state index in [9.17, 15) is 10.1 Å². The lowest BCUT2D eigenvalue weighted by molar-refractivity contribution is -0.384. The maximum absolute atomic E-state index is 10.8. The summed E-state index contributed by atoms with van der Waals surface area (Å²) in [5, 5.41) is 11.0.